The summed E-state index contributed by atoms with van der Waals surface area (Å²) in [5.41, 5.74) is 1.60. The zero-order valence-corrected chi connectivity index (χ0v) is 19.0. The van der Waals surface area contributed by atoms with E-state index in [1.54, 1.807) is 13.2 Å². The molecule has 0 radical (unpaired) electrons. The standard InChI is InChI=1S/C22H31ClN2O5/c1-6-25(3)17-13-16(14-18(28-4)20(17)23)12-15(2)8-7-9-19(29-5)22(27)10-11-30-21(26)24-22/h7-9,13-14,19,27H,6,10-12H2,1-5H3,(H,24,26)/b9-7+,15-8+/t19-,22+/m1/s1. The highest BCUT2D eigenvalue weighted by Crippen LogP contribution is 2.36. The summed E-state index contributed by atoms with van der Waals surface area (Å²) < 4.78 is 15.6. The molecule has 1 aliphatic rings. The summed E-state index contributed by atoms with van der Waals surface area (Å²) in [6.45, 7) is 5.04. The predicted molar refractivity (Wildman–Crippen MR) is 118 cm³/mol. The van der Waals surface area contributed by atoms with Crippen LogP contribution in [0.25, 0.3) is 0 Å². The van der Waals surface area contributed by atoms with Crippen molar-refractivity contribution in [2.45, 2.75) is 38.5 Å². The molecule has 0 saturated carbocycles. The van der Waals surface area contributed by atoms with E-state index in [9.17, 15) is 9.90 Å². The van der Waals surface area contributed by atoms with Gasteiger partial charge >= 0.3 is 6.09 Å². The number of nitrogens with one attached hydrogen (secondary N) is 1. The van der Waals surface area contributed by atoms with Crippen LogP contribution in [-0.2, 0) is 15.9 Å². The van der Waals surface area contributed by atoms with Gasteiger partial charge in [-0.1, -0.05) is 35.4 Å². The van der Waals surface area contributed by atoms with Crippen molar-refractivity contribution in [2.24, 2.45) is 0 Å². The van der Waals surface area contributed by atoms with Crippen molar-refractivity contribution in [3.63, 3.8) is 0 Å². The van der Waals surface area contributed by atoms with Gasteiger partial charge in [0, 0.05) is 27.1 Å². The lowest BCUT2D eigenvalue weighted by Crippen LogP contribution is -2.60. The van der Waals surface area contributed by atoms with Gasteiger partial charge in [-0.25, -0.2) is 4.79 Å². The van der Waals surface area contributed by atoms with Crippen molar-refractivity contribution in [1.82, 2.24) is 5.32 Å². The molecule has 0 bridgehead atoms. The molecule has 1 saturated heterocycles. The fraction of sp³-hybridized carbons (Fsp3) is 0.500. The Hall–Kier alpha value is -2.22. The maximum absolute atomic E-state index is 11.4. The number of benzene rings is 1. The predicted octanol–water partition coefficient (Wildman–Crippen LogP) is 3.68. The monoisotopic (exact) mass is 438 g/mol. The molecule has 2 atom stereocenters. The van der Waals surface area contributed by atoms with E-state index < -0.39 is 17.9 Å². The number of hydrogen-bond donors (Lipinski definition) is 2. The Kier molecular flexibility index (Phi) is 8.58. The highest BCUT2D eigenvalue weighted by molar-refractivity contribution is 6.34. The number of anilines is 1. The second-order valence-electron chi connectivity index (χ2n) is 7.31. The van der Waals surface area contributed by atoms with Crippen LogP contribution in [0.1, 0.15) is 25.8 Å². The molecule has 30 heavy (non-hydrogen) atoms. The van der Waals surface area contributed by atoms with Gasteiger partial charge in [0.25, 0.3) is 0 Å². The molecule has 1 fully saturated rings. The fourth-order valence-electron chi connectivity index (χ4n) is 3.26. The molecule has 2 N–H and O–H groups in total. The Morgan fingerprint density at radius 2 is 2.20 bits per heavy atom. The van der Waals surface area contributed by atoms with Gasteiger partial charge in [-0.3, -0.25) is 5.32 Å². The molecule has 1 heterocycles. The molecule has 1 aromatic carbocycles. The van der Waals surface area contributed by atoms with Crippen LogP contribution in [0.15, 0.2) is 35.9 Å². The molecule has 1 aliphatic heterocycles. The van der Waals surface area contributed by atoms with Gasteiger partial charge in [0.05, 0.1) is 19.4 Å². The Morgan fingerprint density at radius 1 is 1.47 bits per heavy atom. The number of aliphatic hydroxyl groups is 1. The minimum absolute atomic E-state index is 0.137. The van der Waals surface area contributed by atoms with Gasteiger partial charge in [0.1, 0.15) is 16.9 Å². The number of hydrogen-bond acceptors (Lipinski definition) is 6. The van der Waals surface area contributed by atoms with E-state index in [4.69, 9.17) is 25.8 Å². The van der Waals surface area contributed by atoms with Crippen LogP contribution >= 0.6 is 11.6 Å². The number of methoxy groups -OCH3 is 2. The van der Waals surface area contributed by atoms with Gasteiger partial charge in [0.2, 0.25) is 0 Å². The molecule has 0 unspecified atom stereocenters. The van der Waals surface area contributed by atoms with Crippen molar-refractivity contribution in [2.75, 3.05) is 39.3 Å². The van der Waals surface area contributed by atoms with E-state index in [1.165, 1.54) is 7.11 Å². The molecule has 1 amide bonds. The summed E-state index contributed by atoms with van der Waals surface area (Å²) in [7, 11) is 5.08. The number of halogens is 1. The third-order valence-electron chi connectivity index (χ3n) is 5.09. The van der Waals surface area contributed by atoms with Crippen molar-refractivity contribution >= 4 is 23.4 Å². The summed E-state index contributed by atoms with van der Waals surface area (Å²) in [6.07, 6.45) is 5.06. The van der Waals surface area contributed by atoms with E-state index in [-0.39, 0.29) is 13.0 Å². The third kappa shape index (κ3) is 5.90. The summed E-state index contributed by atoms with van der Waals surface area (Å²) in [5, 5.41) is 13.7. The molecule has 7 nitrogen and oxygen atoms in total. The van der Waals surface area contributed by atoms with Crippen LogP contribution in [0.5, 0.6) is 5.75 Å². The first-order valence-electron chi connectivity index (χ1n) is 9.85. The SMILES string of the molecule is CCN(C)c1cc(C/C(C)=C/C=C/[C@@H](OC)[C@@]2(O)CCOC(=O)N2)cc(OC)c1Cl. The summed E-state index contributed by atoms with van der Waals surface area (Å²) in [4.78, 5) is 13.5. The summed E-state index contributed by atoms with van der Waals surface area (Å²) in [6, 6.07) is 4.00. The first-order valence-corrected chi connectivity index (χ1v) is 10.2. The molecule has 166 valence electrons. The largest absolute Gasteiger partial charge is 0.495 e. The molecule has 0 aliphatic carbocycles. The average molecular weight is 439 g/mol. The highest BCUT2D eigenvalue weighted by atomic mass is 35.5. The van der Waals surface area contributed by atoms with Crippen molar-refractivity contribution in [1.29, 1.82) is 0 Å². The lowest BCUT2D eigenvalue weighted by atomic mass is 10.0. The molecule has 0 aromatic heterocycles. The van der Waals surface area contributed by atoms with Gasteiger partial charge in [-0.2, -0.15) is 0 Å². The summed E-state index contributed by atoms with van der Waals surface area (Å²) >= 11 is 6.45. The van der Waals surface area contributed by atoms with E-state index in [2.05, 4.69) is 23.2 Å². The van der Waals surface area contributed by atoms with Gasteiger partial charge in [-0.05, 0) is 38.0 Å². The minimum atomic E-state index is -1.49. The number of alkyl carbamates (subject to hydrolysis) is 1. The van der Waals surface area contributed by atoms with Crippen molar-refractivity contribution in [3.8, 4) is 5.75 Å². The van der Waals surface area contributed by atoms with E-state index in [1.807, 2.05) is 32.2 Å². The quantitative estimate of drug-likeness (QED) is 0.572. The molecular weight excluding hydrogens is 408 g/mol. The molecule has 2 rings (SSSR count). The second kappa shape index (κ2) is 10.7. The number of allylic oxidation sites excluding steroid dienone is 3. The van der Waals surface area contributed by atoms with Crippen LogP contribution in [0.2, 0.25) is 5.02 Å². The number of cyclic esters (lactones) is 1. The van der Waals surface area contributed by atoms with E-state index in [0.29, 0.717) is 17.2 Å². The third-order valence-corrected chi connectivity index (χ3v) is 5.47. The Balaban J connectivity index is 2.15. The van der Waals surface area contributed by atoms with Crippen LogP contribution < -0.4 is 15.0 Å². The lowest BCUT2D eigenvalue weighted by molar-refractivity contribution is -0.116. The normalized spacial score (nSPS) is 20.6. The van der Waals surface area contributed by atoms with Crippen LogP contribution in [0, 0.1) is 0 Å². The molecule has 1 aromatic rings. The molecule has 0 spiro atoms. The Morgan fingerprint density at radius 3 is 2.80 bits per heavy atom. The van der Waals surface area contributed by atoms with Gasteiger partial charge in [0.15, 0.2) is 5.72 Å². The minimum Gasteiger partial charge on any atom is -0.495 e. The second-order valence-corrected chi connectivity index (χ2v) is 7.69. The first kappa shape index (κ1) is 24.1. The van der Waals surface area contributed by atoms with E-state index >= 15 is 0 Å². The Bertz CT molecular complexity index is 811. The maximum Gasteiger partial charge on any atom is 0.409 e. The van der Waals surface area contributed by atoms with Gasteiger partial charge in [-0.15, -0.1) is 0 Å². The summed E-state index contributed by atoms with van der Waals surface area (Å²) in [5.74, 6) is 0.643. The lowest BCUT2D eigenvalue weighted by Gasteiger charge is -2.36. The zero-order valence-electron chi connectivity index (χ0n) is 18.2. The number of rotatable bonds is 9. The number of carbonyl (C=O) groups excluding carboxylic acids is 1. The topological polar surface area (TPSA) is 80.3 Å². The van der Waals surface area contributed by atoms with Crippen LogP contribution in [-0.4, -0.2) is 57.4 Å². The smallest absolute Gasteiger partial charge is 0.409 e. The van der Waals surface area contributed by atoms with Crippen molar-refractivity contribution in [3.05, 3.63) is 46.5 Å². The molecular formula is C22H31ClN2O5. The Labute approximate surface area is 183 Å². The highest BCUT2D eigenvalue weighted by Gasteiger charge is 2.40. The van der Waals surface area contributed by atoms with E-state index in [0.717, 1.165) is 23.4 Å². The maximum atomic E-state index is 11.4. The average Bonchev–Trinajstić information content (AvgIpc) is 2.71. The van der Waals surface area contributed by atoms with Crippen LogP contribution in [0.3, 0.4) is 0 Å². The fourth-order valence-corrected chi connectivity index (χ4v) is 3.59. The number of amides is 1. The molecule has 8 heteroatoms. The number of nitrogens with zero attached hydrogens (tertiary/aromatic N) is 1. The van der Waals surface area contributed by atoms with Crippen LogP contribution in [0.4, 0.5) is 10.5 Å². The van der Waals surface area contributed by atoms with Gasteiger partial charge < -0.3 is 24.2 Å². The number of ether oxygens (including phenoxy) is 3. The zero-order chi connectivity index (χ0) is 22.3. The number of carbonyl (C=O) groups is 1. The first-order chi connectivity index (χ1) is 14.2. The van der Waals surface area contributed by atoms with Crippen molar-refractivity contribution < 1.29 is 24.1 Å².